The monoisotopic (exact) mass is 476 g/mol. The zero-order valence-electron chi connectivity index (χ0n) is 14.0. The molecular formula is C19H18Br2N4O. The van der Waals surface area contributed by atoms with Gasteiger partial charge in [-0.15, -0.1) is 0 Å². The molecule has 0 saturated heterocycles. The number of carbonyl (C=O) groups is 1. The van der Waals surface area contributed by atoms with Crippen molar-refractivity contribution in [2.75, 3.05) is 11.1 Å². The highest BCUT2D eigenvalue weighted by molar-refractivity contribution is 9.10. The van der Waals surface area contributed by atoms with E-state index in [1.807, 2.05) is 24.3 Å². The van der Waals surface area contributed by atoms with Gasteiger partial charge in [-0.2, -0.15) is 0 Å². The van der Waals surface area contributed by atoms with Crippen LogP contribution in [0.4, 0.5) is 11.6 Å². The Balaban J connectivity index is 1.78. The summed E-state index contributed by atoms with van der Waals surface area (Å²) in [4.78, 5) is 17.6. The van der Waals surface area contributed by atoms with Crippen molar-refractivity contribution in [1.82, 2.24) is 9.55 Å². The number of nitrogens with zero attached hydrogens (tertiary/aromatic N) is 2. The van der Waals surface area contributed by atoms with Crippen LogP contribution < -0.4 is 11.1 Å². The summed E-state index contributed by atoms with van der Waals surface area (Å²) in [6.45, 7) is 0. The largest absolute Gasteiger partial charge is 0.398 e. The van der Waals surface area contributed by atoms with E-state index in [1.165, 1.54) is 12.8 Å². The maximum Gasteiger partial charge on any atom is 0.261 e. The van der Waals surface area contributed by atoms with Gasteiger partial charge in [-0.1, -0.05) is 34.8 Å². The Kier molecular flexibility index (Phi) is 4.75. The minimum atomic E-state index is -0.261. The van der Waals surface area contributed by atoms with E-state index in [9.17, 15) is 4.79 Å². The number of rotatable bonds is 3. The summed E-state index contributed by atoms with van der Waals surface area (Å²) in [6.07, 6.45) is 4.59. The molecule has 1 fully saturated rings. The Bertz CT molecular complexity index is 972. The molecule has 0 spiro atoms. The quantitative estimate of drug-likeness (QED) is 0.488. The fraction of sp³-hybridized carbons (Fsp3) is 0.263. The number of anilines is 2. The van der Waals surface area contributed by atoms with Crippen molar-refractivity contribution in [3.8, 4) is 0 Å². The van der Waals surface area contributed by atoms with Crippen molar-refractivity contribution in [1.29, 1.82) is 0 Å². The standard InChI is InChI=1S/C19H18Br2N4O/c20-11-8-9-15-16(10-11)25(12-4-1-2-5-12)19(23-15)24-18(26)17-13(21)6-3-7-14(17)22/h3,6-10,12H,1-2,4-5,22H2,(H,23,24,26). The lowest BCUT2D eigenvalue weighted by Crippen LogP contribution is -2.19. The number of carbonyl (C=O) groups excluding carboxylic acids is 1. The molecule has 3 N–H and O–H groups in total. The molecule has 1 aromatic heterocycles. The number of hydrogen-bond donors (Lipinski definition) is 2. The van der Waals surface area contributed by atoms with Gasteiger partial charge in [0, 0.05) is 20.7 Å². The van der Waals surface area contributed by atoms with Gasteiger partial charge in [-0.05, 0) is 59.1 Å². The molecule has 1 aliphatic carbocycles. The maximum absolute atomic E-state index is 12.9. The van der Waals surface area contributed by atoms with Gasteiger partial charge < -0.3 is 10.3 Å². The second-order valence-electron chi connectivity index (χ2n) is 6.53. The molecule has 7 heteroatoms. The number of hydrogen-bond acceptors (Lipinski definition) is 3. The van der Waals surface area contributed by atoms with Crippen LogP contribution >= 0.6 is 31.9 Å². The number of fused-ring (bicyclic) bond motifs is 1. The van der Waals surface area contributed by atoms with Gasteiger partial charge in [0.15, 0.2) is 0 Å². The van der Waals surface area contributed by atoms with Crippen LogP contribution in [0.1, 0.15) is 42.1 Å². The topological polar surface area (TPSA) is 72.9 Å². The summed E-state index contributed by atoms with van der Waals surface area (Å²) >= 11 is 6.96. The fourth-order valence-corrected chi connectivity index (χ4v) is 4.54. The minimum Gasteiger partial charge on any atom is -0.398 e. The molecule has 1 heterocycles. The molecule has 134 valence electrons. The molecule has 1 saturated carbocycles. The lowest BCUT2D eigenvalue weighted by Gasteiger charge is -2.17. The molecule has 2 aromatic carbocycles. The van der Waals surface area contributed by atoms with E-state index < -0.39 is 0 Å². The molecule has 5 nitrogen and oxygen atoms in total. The van der Waals surface area contributed by atoms with E-state index in [4.69, 9.17) is 5.73 Å². The molecule has 1 aliphatic rings. The van der Waals surface area contributed by atoms with Gasteiger partial charge in [-0.3, -0.25) is 10.1 Å². The predicted octanol–water partition coefficient (Wildman–Crippen LogP) is 5.51. The maximum atomic E-state index is 12.9. The van der Waals surface area contributed by atoms with Gasteiger partial charge in [0.25, 0.3) is 5.91 Å². The Labute approximate surface area is 168 Å². The minimum absolute atomic E-state index is 0.261. The average molecular weight is 478 g/mol. The third-order valence-electron chi connectivity index (χ3n) is 4.84. The van der Waals surface area contributed by atoms with Crippen molar-refractivity contribution < 1.29 is 4.79 Å². The molecule has 0 atom stereocenters. The summed E-state index contributed by atoms with van der Waals surface area (Å²) < 4.78 is 3.83. The highest BCUT2D eigenvalue weighted by Crippen LogP contribution is 2.36. The first-order valence-corrected chi connectivity index (χ1v) is 10.2. The molecule has 26 heavy (non-hydrogen) atoms. The van der Waals surface area contributed by atoms with Crippen LogP contribution in [-0.2, 0) is 0 Å². The average Bonchev–Trinajstić information content (AvgIpc) is 3.21. The van der Waals surface area contributed by atoms with Crippen molar-refractivity contribution in [3.63, 3.8) is 0 Å². The first-order valence-electron chi connectivity index (χ1n) is 8.57. The summed E-state index contributed by atoms with van der Waals surface area (Å²) in [5, 5.41) is 2.98. The van der Waals surface area contributed by atoms with E-state index in [-0.39, 0.29) is 5.91 Å². The van der Waals surface area contributed by atoms with Crippen molar-refractivity contribution in [2.24, 2.45) is 0 Å². The Morgan fingerprint density at radius 2 is 1.96 bits per heavy atom. The molecule has 1 amide bonds. The predicted molar refractivity (Wildman–Crippen MR) is 111 cm³/mol. The highest BCUT2D eigenvalue weighted by Gasteiger charge is 2.25. The lowest BCUT2D eigenvalue weighted by atomic mass is 10.1. The van der Waals surface area contributed by atoms with Crippen LogP contribution in [0, 0.1) is 0 Å². The van der Waals surface area contributed by atoms with E-state index in [0.717, 1.165) is 28.3 Å². The van der Waals surface area contributed by atoms with Crippen LogP contribution in [-0.4, -0.2) is 15.5 Å². The lowest BCUT2D eigenvalue weighted by molar-refractivity contribution is 0.102. The molecule has 0 bridgehead atoms. The molecular weight excluding hydrogens is 460 g/mol. The molecule has 3 aromatic rings. The Hall–Kier alpha value is -1.86. The van der Waals surface area contributed by atoms with Gasteiger partial charge >= 0.3 is 0 Å². The fourth-order valence-electron chi connectivity index (χ4n) is 3.63. The summed E-state index contributed by atoms with van der Waals surface area (Å²) in [5.41, 5.74) is 8.77. The zero-order chi connectivity index (χ0) is 18.3. The van der Waals surface area contributed by atoms with Gasteiger partial charge in [-0.25, -0.2) is 4.98 Å². The smallest absolute Gasteiger partial charge is 0.261 e. The molecule has 0 radical (unpaired) electrons. The number of nitrogens with two attached hydrogens (primary N) is 1. The highest BCUT2D eigenvalue weighted by atomic mass is 79.9. The summed E-state index contributed by atoms with van der Waals surface area (Å²) in [5.74, 6) is 0.314. The van der Waals surface area contributed by atoms with Gasteiger partial charge in [0.1, 0.15) is 0 Å². The molecule has 0 aliphatic heterocycles. The van der Waals surface area contributed by atoms with Crippen LogP contribution in [0.3, 0.4) is 0 Å². The number of benzene rings is 2. The number of nitrogens with one attached hydrogen (secondary N) is 1. The second-order valence-corrected chi connectivity index (χ2v) is 8.30. The zero-order valence-corrected chi connectivity index (χ0v) is 17.2. The van der Waals surface area contributed by atoms with Crippen LogP contribution in [0.15, 0.2) is 45.3 Å². The van der Waals surface area contributed by atoms with Crippen molar-refractivity contribution >= 4 is 60.4 Å². The number of imidazole rings is 1. The van der Waals surface area contributed by atoms with Gasteiger partial charge in [0.05, 0.1) is 16.6 Å². The third-order valence-corrected chi connectivity index (χ3v) is 5.99. The first kappa shape index (κ1) is 17.5. The number of halogens is 2. The number of nitrogen functional groups attached to an aromatic ring is 1. The Morgan fingerprint density at radius 3 is 2.69 bits per heavy atom. The third kappa shape index (κ3) is 3.14. The molecule has 4 rings (SSSR count). The second kappa shape index (κ2) is 7.04. The molecule has 0 unspecified atom stereocenters. The first-order chi connectivity index (χ1) is 12.5. The number of amides is 1. The van der Waals surface area contributed by atoms with Crippen molar-refractivity contribution in [2.45, 2.75) is 31.7 Å². The van der Waals surface area contributed by atoms with Gasteiger partial charge in [0.2, 0.25) is 5.95 Å². The summed E-state index contributed by atoms with van der Waals surface area (Å²) in [6, 6.07) is 11.7. The SMILES string of the molecule is Nc1cccc(Br)c1C(=O)Nc1nc2ccc(Br)cc2n1C1CCCC1. The Morgan fingerprint density at radius 1 is 1.19 bits per heavy atom. The summed E-state index contributed by atoms with van der Waals surface area (Å²) in [7, 11) is 0. The van der Waals surface area contributed by atoms with Crippen LogP contribution in [0.5, 0.6) is 0 Å². The normalized spacial score (nSPS) is 14.8. The van der Waals surface area contributed by atoms with E-state index in [1.54, 1.807) is 6.07 Å². The van der Waals surface area contributed by atoms with E-state index in [2.05, 4.69) is 52.8 Å². The van der Waals surface area contributed by atoms with Crippen molar-refractivity contribution in [3.05, 3.63) is 50.9 Å². The number of aromatic nitrogens is 2. The van der Waals surface area contributed by atoms with Crippen LogP contribution in [0.2, 0.25) is 0 Å². The van der Waals surface area contributed by atoms with E-state index >= 15 is 0 Å². The van der Waals surface area contributed by atoms with E-state index in [0.29, 0.717) is 27.7 Å². The van der Waals surface area contributed by atoms with Crippen LogP contribution in [0.25, 0.3) is 11.0 Å².